The van der Waals surface area contributed by atoms with Gasteiger partial charge in [0.15, 0.2) is 10.7 Å². The van der Waals surface area contributed by atoms with Crippen molar-refractivity contribution in [3.05, 3.63) is 34.4 Å². The lowest BCUT2D eigenvalue weighted by Crippen LogP contribution is -2.14. The zero-order valence-electron chi connectivity index (χ0n) is 9.64. The lowest BCUT2D eigenvalue weighted by atomic mass is 10.4. The molecule has 0 saturated carbocycles. The molecule has 2 heterocycles. The highest BCUT2D eigenvalue weighted by atomic mass is 79.9. The average molecular weight is 332 g/mol. The number of hydrogen-bond donors (Lipinski definition) is 1. The third-order valence-corrected chi connectivity index (χ3v) is 4.25. The van der Waals surface area contributed by atoms with Crippen LogP contribution in [0.15, 0.2) is 32.4 Å². The number of nitrogens with one attached hydrogen (secondary N) is 1. The summed E-state index contributed by atoms with van der Waals surface area (Å²) in [6, 6.07) is 1.61. The Bertz CT molecular complexity index is 662. The molecule has 96 valence electrons. The number of anilines is 1. The molecule has 0 aliphatic carbocycles. The number of pyridine rings is 1. The number of halogens is 1. The van der Waals surface area contributed by atoms with Crippen LogP contribution in [-0.2, 0) is 10.0 Å². The summed E-state index contributed by atoms with van der Waals surface area (Å²) < 4.78 is 32.3. The van der Waals surface area contributed by atoms with Crippen LogP contribution in [0.2, 0.25) is 0 Å². The second-order valence-electron chi connectivity index (χ2n) is 3.65. The summed E-state index contributed by atoms with van der Waals surface area (Å²) in [6.45, 7) is 3.12. The van der Waals surface area contributed by atoms with E-state index < -0.39 is 10.0 Å². The maximum Gasteiger partial charge on any atom is 0.267 e. The van der Waals surface area contributed by atoms with Crippen molar-refractivity contribution in [2.24, 2.45) is 0 Å². The van der Waals surface area contributed by atoms with E-state index in [1.807, 2.05) is 0 Å². The van der Waals surface area contributed by atoms with Crippen molar-refractivity contribution in [3.63, 3.8) is 0 Å². The molecule has 8 heteroatoms. The first-order valence-electron chi connectivity index (χ1n) is 4.96. The maximum absolute atomic E-state index is 12.2. The van der Waals surface area contributed by atoms with Gasteiger partial charge in [0.2, 0.25) is 0 Å². The van der Waals surface area contributed by atoms with E-state index >= 15 is 0 Å². The second kappa shape index (κ2) is 4.69. The Morgan fingerprint density at radius 3 is 2.61 bits per heavy atom. The number of nitrogens with zero attached hydrogens (tertiary/aromatic N) is 2. The number of aromatic nitrogens is 2. The zero-order chi connectivity index (χ0) is 13.3. The molecule has 6 nitrogen and oxygen atoms in total. The molecule has 0 unspecified atom stereocenters. The average Bonchev–Trinajstić information content (AvgIpc) is 2.58. The molecule has 0 bridgehead atoms. The summed E-state index contributed by atoms with van der Waals surface area (Å²) in [4.78, 5) is 3.94. The molecule has 2 rings (SSSR count). The minimum absolute atomic E-state index is 0.0578. The van der Waals surface area contributed by atoms with Crippen LogP contribution >= 0.6 is 15.9 Å². The van der Waals surface area contributed by atoms with E-state index in [1.165, 1.54) is 6.20 Å². The van der Waals surface area contributed by atoms with Gasteiger partial charge in [-0.2, -0.15) is 0 Å². The number of hydrogen-bond acceptors (Lipinski definition) is 5. The molecule has 0 fully saturated rings. The van der Waals surface area contributed by atoms with Crippen molar-refractivity contribution in [1.29, 1.82) is 0 Å². The summed E-state index contributed by atoms with van der Waals surface area (Å²) in [7, 11) is -3.72. The Hall–Kier alpha value is -1.41. The van der Waals surface area contributed by atoms with Crippen LogP contribution < -0.4 is 4.72 Å². The molecule has 2 aromatic heterocycles. The van der Waals surface area contributed by atoms with Crippen molar-refractivity contribution < 1.29 is 12.9 Å². The highest BCUT2D eigenvalue weighted by Crippen LogP contribution is 2.23. The number of sulfonamides is 1. The highest BCUT2D eigenvalue weighted by molar-refractivity contribution is 9.10. The standard InChI is InChI=1S/C10H10BrN3O3S/c1-6-10(7(2)17-13-6)18(15,16)14-9-3-8(11)4-12-5-9/h3-5,14H,1-2H3. The van der Waals surface area contributed by atoms with Gasteiger partial charge in [-0.15, -0.1) is 0 Å². The summed E-state index contributed by atoms with van der Waals surface area (Å²) in [5.41, 5.74) is 0.687. The third-order valence-electron chi connectivity index (χ3n) is 2.19. The first-order valence-corrected chi connectivity index (χ1v) is 7.24. The Kier molecular flexibility index (Phi) is 3.40. The van der Waals surface area contributed by atoms with Crippen LogP contribution in [0.5, 0.6) is 0 Å². The van der Waals surface area contributed by atoms with Crippen molar-refractivity contribution in [1.82, 2.24) is 10.1 Å². The third kappa shape index (κ3) is 2.54. The minimum Gasteiger partial charge on any atom is -0.360 e. The summed E-state index contributed by atoms with van der Waals surface area (Å²) in [5, 5.41) is 3.62. The zero-order valence-corrected chi connectivity index (χ0v) is 12.0. The van der Waals surface area contributed by atoms with E-state index in [1.54, 1.807) is 26.1 Å². The van der Waals surface area contributed by atoms with Gasteiger partial charge in [0, 0.05) is 10.7 Å². The molecule has 0 atom stereocenters. The van der Waals surface area contributed by atoms with Gasteiger partial charge in [0.05, 0.1) is 11.9 Å². The smallest absolute Gasteiger partial charge is 0.267 e. The topological polar surface area (TPSA) is 85.1 Å². The molecule has 2 aromatic rings. The van der Waals surface area contributed by atoms with Gasteiger partial charge in [-0.05, 0) is 35.8 Å². The van der Waals surface area contributed by atoms with E-state index in [0.29, 0.717) is 15.9 Å². The largest absolute Gasteiger partial charge is 0.360 e. The van der Waals surface area contributed by atoms with Gasteiger partial charge in [0.1, 0.15) is 5.69 Å². The van der Waals surface area contributed by atoms with Crippen molar-refractivity contribution in [3.8, 4) is 0 Å². The van der Waals surface area contributed by atoms with Crippen LogP contribution in [-0.4, -0.2) is 18.6 Å². The number of rotatable bonds is 3. The van der Waals surface area contributed by atoms with Crippen LogP contribution in [0.25, 0.3) is 0 Å². The van der Waals surface area contributed by atoms with E-state index in [0.717, 1.165) is 0 Å². The SMILES string of the molecule is Cc1noc(C)c1S(=O)(=O)Nc1cncc(Br)c1. The Labute approximate surface area is 113 Å². The predicted octanol–water partition coefficient (Wildman–Crippen LogP) is 2.25. The molecule has 0 spiro atoms. The van der Waals surface area contributed by atoms with E-state index in [2.05, 4.69) is 30.8 Å². The van der Waals surface area contributed by atoms with Crippen LogP contribution in [0.3, 0.4) is 0 Å². The monoisotopic (exact) mass is 331 g/mol. The molecule has 0 saturated heterocycles. The van der Waals surface area contributed by atoms with E-state index in [-0.39, 0.29) is 10.7 Å². The summed E-state index contributed by atoms with van der Waals surface area (Å²) in [6.07, 6.45) is 2.98. The molecule has 1 N–H and O–H groups in total. The van der Waals surface area contributed by atoms with Crippen LogP contribution in [0.4, 0.5) is 5.69 Å². The fourth-order valence-corrected chi connectivity index (χ4v) is 3.26. The fourth-order valence-electron chi connectivity index (χ4n) is 1.53. The van der Waals surface area contributed by atoms with Gasteiger partial charge >= 0.3 is 0 Å². The van der Waals surface area contributed by atoms with E-state index in [9.17, 15) is 8.42 Å². The second-order valence-corrected chi connectivity index (χ2v) is 6.19. The van der Waals surface area contributed by atoms with E-state index in [4.69, 9.17) is 4.52 Å². The highest BCUT2D eigenvalue weighted by Gasteiger charge is 2.24. The lowest BCUT2D eigenvalue weighted by molar-refractivity contribution is 0.390. The Morgan fingerprint density at radius 2 is 2.06 bits per heavy atom. The van der Waals surface area contributed by atoms with Crippen LogP contribution in [0.1, 0.15) is 11.5 Å². The number of aryl methyl sites for hydroxylation is 2. The first kappa shape index (κ1) is 13.0. The maximum atomic E-state index is 12.2. The van der Waals surface area contributed by atoms with Crippen molar-refractivity contribution >= 4 is 31.6 Å². The Balaban J connectivity index is 2.39. The normalized spacial score (nSPS) is 11.5. The van der Waals surface area contributed by atoms with Gasteiger partial charge in [0.25, 0.3) is 10.0 Å². The molecule has 0 aliphatic rings. The Morgan fingerprint density at radius 1 is 1.33 bits per heavy atom. The minimum atomic E-state index is -3.72. The molecular formula is C10H10BrN3O3S. The molecule has 0 aromatic carbocycles. The summed E-state index contributed by atoms with van der Waals surface area (Å²) >= 11 is 3.22. The molecule has 0 aliphatic heterocycles. The molecule has 0 radical (unpaired) electrons. The van der Waals surface area contributed by atoms with Gasteiger partial charge in [-0.1, -0.05) is 5.16 Å². The van der Waals surface area contributed by atoms with Gasteiger partial charge in [-0.25, -0.2) is 8.42 Å². The van der Waals surface area contributed by atoms with Gasteiger partial charge in [-0.3, -0.25) is 9.71 Å². The van der Waals surface area contributed by atoms with Gasteiger partial charge < -0.3 is 4.52 Å². The van der Waals surface area contributed by atoms with Crippen molar-refractivity contribution in [2.75, 3.05) is 4.72 Å². The molecule has 0 amide bonds. The molecule has 18 heavy (non-hydrogen) atoms. The molecular weight excluding hydrogens is 322 g/mol. The predicted molar refractivity (Wildman–Crippen MR) is 68.7 cm³/mol. The fraction of sp³-hybridized carbons (Fsp3) is 0.200. The van der Waals surface area contributed by atoms with Crippen molar-refractivity contribution in [2.45, 2.75) is 18.7 Å². The summed E-state index contributed by atoms with van der Waals surface area (Å²) in [5.74, 6) is 0.253. The van der Waals surface area contributed by atoms with Crippen LogP contribution in [0, 0.1) is 13.8 Å². The lowest BCUT2D eigenvalue weighted by Gasteiger charge is -2.07. The first-order chi connectivity index (χ1) is 8.40. The quantitative estimate of drug-likeness (QED) is 0.932.